The summed E-state index contributed by atoms with van der Waals surface area (Å²) in [4.78, 5) is 10.4. The maximum Gasteiger partial charge on any atom is 0.222 e. The predicted molar refractivity (Wildman–Crippen MR) is 66.8 cm³/mol. The van der Waals surface area contributed by atoms with Gasteiger partial charge in [-0.2, -0.15) is 4.98 Å². The number of ether oxygens (including phenoxy) is 1. The quantitative estimate of drug-likeness (QED) is 0.778. The number of rotatable bonds is 3. The van der Waals surface area contributed by atoms with Gasteiger partial charge in [-0.1, -0.05) is 0 Å². The molecule has 2 heterocycles. The van der Waals surface area contributed by atoms with Gasteiger partial charge in [-0.15, -0.1) is 0 Å². The number of nitrogens with zero attached hydrogens (tertiary/aromatic N) is 3. The zero-order valence-electron chi connectivity index (χ0n) is 10.3. The van der Waals surface area contributed by atoms with E-state index in [-0.39, 0.29) is 6.23 Å². The summed E-state index contributed by atoms with van der Waals surface area (Å²) in [7, 11) is 0. The molecule has 0 spiro atoms. The fourth-order valence-corrected chi connectivity index (χ4v) is 1.99. The number of nitrogens with one attached hydrogen (secondary N) is 1. The monoisotopic (exact) mass is 237 g/mol. The summed E-state index contributed by atoms with van der Waals surface area (Å²) < 4.78 is 5.73. The Morgan fingerprint density at radius 3 is 3.00 bits per heavy atom. The molecular weight excluding hydrogens is 218 g/mol. The second kappa shape index (κ2) is 5.29. The van der Waals surface area contributed by atoms with Gasteiger partial charge in [0.1, 0.15) is 12.0 Å². The van der Waals surface area contributed by atoms with Gasteiger partial charge in [0.25, 0.3) is 0 Å². The van der Waals surface area contributed by atoms with Crippen LogP contribution in [0.25, 0.3) is 0 Å². The average Bonchev–Trinajstić information content (AvgIpc) is 2.30. The summed E-state index contributed by atoms with van der Waals surface area (Å²) in [6, 6.07) is 1.93. The van der Waals surface area contributed by atoms with Crippen molar-refractivity contribution in [3.63, 3.8) is 0 Å². The van der Waals surface area contributed by atoms with Gasteiger partial charge in [0.15, 0.2) is 0 Å². The molecule has 2 rings (SSSR count). The summed E-state index contributed by atoms with van der Waals surface area (Å²) in [5.74, 6) is 1.13. The van der Waals surface area contributed by atoms with E-state index >= 15 is 0 Å². The van der Waals surface area contributed by atoms with Gasteiger partial charge in [-0.3, -0.25) is 0 Å². The van der Waals surface area contributed by atoms with Crippen molar-refractivity contribution in [2.45, 2.75) is 20.1 Å². The predicted octanol–water partition coefficient (Wildman–Crippen LogP) is 0.139. The van der Waals surface area contributed by atoms with Gasteiger partial charge in [-0.05, 0) is 13.8 Å². The molecule has 1 unspecified atom stereocenters. The van der Waals surface area contributed by atoms with Gasteiger partial charge in [0, 0.05) is 31.4 Å². The SMILES string of the molecule is CCN(c1cc(C)nc(N)n1)C1CNCCO1. The number of hydrogen-bond donors (Lipinski definition) is 2. The van der Waals surface area contributed by atoms with E-state index < -0.39 is 0 Å². The molecule has 6 nitrogen and oxygen atoms in total. The second-order valence-corrected chi connectivity index (χ2v) is 4.04. The van der Waals surface area contributed by atoms with Crippen LogP contribution in [0.5, 0.6) is 0 Å². The molecule has 1 aliphatic rings. The number of hydrogen-bond acceptors (Lipinski definition) is 6. The number of likely N-dealkylation sites (N-methyl/N-ethyl adjacent to an activating group) is 1. The molecule has 1 aromatic heterocycles. The van der Waals surface area contributed by atoms with E-state index in [4.69, 9.17) is 10.5 Å². The molecule has 0 amide bonds. The summed E-state index contributed by atoms with van der Waals surface area (Å²) in [5, 5.41) is 3.31. The number of nitrogen functional groups attached to an aromatic ring is 1. The van der Waals surface area contributed by atoms with Crippen molar-refractivity contribution in [1.82, 2.24) is 15.3 Å². The number of morpholine rings is 1. The molecule has 0 bridgehead atoms. The van der Waals surface area contributed by atoms with Crippen LogP contribution in [0, 0.1) is 6.92 Å². The van der Waals surface area contributed by atoms with Crippen LogP contribution in [0.3, 0.4) is 0 Å². The third kappa shape index (κ3) is 2.83. The minimum atomic E-state index is 0.0162. The van der Waals surface area contributed by atoms with E-state index in [2.05, 4.69) is 27.1 Å². The van der Waals surface area contributed by atoms with Crippen molar-refractivity contribution in [2.24, 2.45) is 0 Å². The normalized spacial score (nSPS) is 20.2. The van der Waals surface area contributed by atoms with Gasteiger partial charge < -0.3 is 20.7 Å². The van der Waals surface area contributed by atoms with Crippen LogP contribution in [0.15, 0.2) is 6.07 Å². The van der Waals surface area contributed by atoms with Crippen molar-refractivity contribution in [3.05, 3.63) is 11.8 Å². The van der Waals surface area contributed by atoms with Crippen LogP contribution in [0.2, 0.25) is 0 Å². The third-order valence-corrected chi connectivity index (χ3v) is 2.75. The zero-order chi connectivity index (χ0) is 12.3. The first-order chi connectivity index (χ1) is 8.20. The van der Waals surface area contributed by atoms with Crippen LogP contribution in [-0.2, 0) is 4.74 Å². The van der Waals surface area contributed by atoms with Crippen molar-refractivity contribution < 1.29 is 4.74 Å². The topological polar surface area (TPSA) is 76.3 Å². The Bertz CT molecular complexity index is 358. The molecule has 1 saturated heterocycles. The molecule has 6 heteroatoms. The lowest BCUT2D eigenvalue weighted by Crippen LogP contribution is -2.49. The lowest BCUT2D eigenvalue weighted by Gasteiger charge is -2.34. The van der Waals surface area contributed by atoms with E-state index in [1.807, 2.05) is 13.0 Å². The standard InChI is InChI=1S/C11H19N5O/c1-3-16(10-7-13-4-5-17-10)9-6-8(2)14-11(12)15-9/h6,10,13H,3-5,7H2,1-2H3,(H2,12,14,15). The van der Waals surface area contributed by atoms with Crippen molar-refractivity contribution in [2.75, 3.05) is 36.9 Å². The molecular formula is C11H19N5O. The molecule has 1 aliphatic heterocycles. The van der Waals surface area contributed by atoms with Crippen LogP contribution >= 0.6 is 0 Å². The molecule has 1 atom stereocenters. The molecule has 94 valence electrons. The molecule has 17 heavy (non-hydrogen) atoms. The first-order valence-corrected chi connectivity index (χ1v) is 5.91. The average molecular weight is 237 g/mol. The Labute approximate surface area is 101 Å². The lowest BCUT2D eigenvalue weighted by atomic mass is 10.3. The fraction of sp³-hybridized carbons (Fsp3) is 0.636. The van der Waals surface area contributed by atoms with Crippen LogP contribution in [-0.4, -0.2) is 42.4 Å². The molecule has 3 N–H and O–H groups in total. The third-order valence-electron chi connectivity index (χ3n) is 2.75. The Kier molecular flexibility index (Phi) is 3.75. The highest BCUT2D eigenvalue weighted by Crippen LogP contribution is 2.17. The van der Waals surface area contributed by atoms with E-state index in [0.29, 0.717) is 5.95 Å². The number of aryl methyl sites for hydroxylation is 1. The Balaban J connectivity index is 2.21. The van der Waals surface area contributed by atoms with Gasteiger partial charge in [0.05, 0.1) is 6.61 Å². The second-order valence-electron chi connectivity index (χ2n) is 4.04. The smallest absolute Gasteiger partial charge is 0.222 e. The zero-order valence-corrected chi connectivity index (χ0v) is 10.3. The summed E-state index contributed by atoms with van der Waals surface area (Å²) in [6.07, 6.45) is 0.0162. The van der Waals surface area contributed by atoms with E-state index in [9.17, 15) is 0 Å². The van der Waals surface area contributed by atoms with Gasteiger partial charge >= 0.3 is 0 Å². The highest BCUT2D eigenvalue weighted by atomic mass is 16.5. The van der Waals surface area contributed by atoms with Crippen molar-refractivity contribution >= 4 is 11.8 Å². The maximum absolute atomic E-state index is 5.73. The minimum Gasteiger partial charge on any atom is -0.368 e. The summed E-state index contributed by atoms with van der Waals surface area (Å²) in [6.45, 7) is 7.24. The van der Waals surface area contributed by atoms with Crippen molar-refractivity contribution in [1.29, 1.82) is 0 Å². The van der Waals surface area contributed by atoms with Crippen molar-refractivity contribution in [3.8, 4) is 0 Å². The maximum atomic E-state index is 5.73. The number of aromatic nitrogens is 2. The molecule has 1 fully saturated rings. The van der Waals surface area contributed by atoms with E-state index in [1.165, 1.54) is 0 Å². The minimum absolute atomic E-state index is 0.0162. The Hall–Kier alpha value is -1.40. The Morgan fingerprint density at radius 2 is 2.41 bits per heavy atom. The van der Waals surface area contributed by atoms with Gasteiger partial charge in [0.2, 0.25) is 5.95 Å². The van der Waals surface area contributed by atoms with E-state index in [0.717, 1.165) is 37.8 Å². The van der Waals surface area contributed by atoms with Crippen LogP contribution in [0.1, 0.15) is 12.6 Å². The lowest BCUT2D eigenvalue weighted by molar-refractivity contribution is 0.0268. The largest absolute Gasteiger partial charge is 0.368 e. The van der Waals surface area contributed by atoms with Crippen LogP contribution in [0.4, 0.5) is 11.8 Å². The summed E-state index contributed by atoms with van der Waals surface area (Å²) >= 11 is 0. The van der Waals surface area contributed by atoms with Gasteiger partial charge in [-0.25, -0.2) is 4.98 Å². The first-order valence-electron chi connectivity index (χ1n) is 5.91. The van der Waals surface area contributed by atoms with E-state index in [1.54, 1.807) is 0 Å². The van der Waals surface area contributed by atoms with Crippen LogP contribution < -0.4 is 16.0 Å². The highest BCUT2D eigenvalue weighted by Gasteiger charge is 2.22. The summed E-state index contributed by atoms with van der Waals surface area (Å²) in [5.41, 5.74) is 6.55. The molecule has 0 saturated carbocycles. The molecule has 0 aliphatic carbocycles. The highest BCUT2D eigenvalue weighted by molar-refractivity contribution is 5.43. The fourth-order valence-electron chi connectivity index (χ4n) is 1.99. The first kappa shape index (κ1) is 12.1. The molecule has 0 aromatic carbocycles. The number of anilines is 2. The molecule has 0 radical (unpaired) electrons. The molecule has 1 aromatic rings. The Morgan fingerprint density at radius 1 is 1.59 bits per heavy atom. The number of nitrogens with two attached hydrogens (primary N) is 1.